The monoisotopic (exact) mass is 291 g/mol. The van der Waals surface area contributed by atoms with Crippen LogP contribution in [0.1, 0.15) is 43.2 Å². The third-order valence-corrected chi connectivity index (χ3v) is 4.40. The molecular weight excluding hydrogens is 274 g/mol. The standard InChI is InChI=1S/C15H18ClN3O/c16-12-3-1-11(2-4-12)14-7-5-13(20)6-8-15(14)19-10-17-9-18-19/h1-4,9-10,13-15,20H,5-8H2. The lowest BCUT2D eigenvalue weighted by Gasteiger charge is -2.25. The average Bonchev–Trinajstić information content (AvgIpc) is 2.91. The van der Waals surface area contributed by atoms with Gasteiger partial charge in [-0.2, -0.15) is 5.10 Å². The van der Waals surface area contributed by atoms with E-state index in [1.54, 1.807) is 12.7 Å². The van der Waals surface area contributed by atoms with Crippen molar-refractivity contribution in [3.8, 4) is 0 Å². The predicted molar refractivity (Wildman–Crippen MR) is 77.7 cm³/mol. The molecule has 2 aromatic rings. The van der Waals surface area contributed by atoms with Crippen molar-refractivity contribution in [1.82, 2.24) is 14.8 Å². The van der Waals surface area contributed by atoms with Gasteiger partial charge in [0.15, 0.2) is 0 Å². The van der Waals surface area contributed by atoms with E-state index in [0.29, 0.717) is 5.92 Å². The van der Waals surface area contributed by atoms with Gasteiger partial charge in [-0.15, -0.1) is 0 Å². The minimum absolute atomic E-state index is 0.210. The summed E-state index contributed by atoms with van der Waals surface area (Å²) in [6.07, 6.45) is 6.64. The maximum absolute atomic E-state index is 9.95. The second-order valence-electron chi connectivity index (χ2n) is 5.41. The zero-order valence-corrected chi connectivity index (χ0v) is 11.9. The summed E-state index contributed by atoms with van der Waals surface area (Å²) in [7, 11) is 0. The molecule has 4 nitrogen and oxygen atoms in total. The Balaban J connectivity index is 1.92. The number of hydrogen-bond donors (Lipinski definition) is 1. The molecule has 1 fully saturated rings. The van der Waals surface area contributed by atoms with Gasteiger partial charge in [0.05, 0.1) is 12.1 Å². The van der Waals surface area contributed by atoms with Gasteiger partial charge in [0.25, 0.3) is 0 Å². The fourth-order valence-electron chi connectivity index (χ4n) is 3.08. The number of nitrogens with zero attached hydrogens (tertiary/aromatic N) is 3. The fraction of sp³-hybridized carbons (Fsp3) is 0.467. The lowest BCUT2D eigenvalue weighted by atomic mass is 9.88. The molecule has 0 spiro atoms. The smallest absolute Gasteiger partial charge is 0.137 e. The third-order valence-electron chi connectivity index (χ3n) is 4.15. The number of aliphatic hydroxyl groups excluding tert-OH is 1. The molecule has 0 saturated heterocycles. The highest BCUT2D eigenvalue weighted by Gasteiger charge is 2.29. The summed E-state index contributed by atoms with van der Waals surface area (Å²) >= 11 is 5.97. The van der Waals surface area contributed by atoms with Gasteiger partial charge >= 0.3 is 0 Å². The van der Waals surface area contributed by atoms with Gasteiger partial charge in [0.2, 0.25) is 0 Å². The molecule has 0 radical (unpaired) electrons. The Kier molecular flexibility index (Phi) is 4.03. The van der Waals surface area contributed by atoms with Crippen molar-refractivity contribution in [2.24, 2.45) is 0 Å². The van der Waals surface area contributed by atoms with Crippen LogP contribution in [0.5, 0.6) is 0 Å². The highest BCUT2D eigenvalue weighted by atomic mass is 35.5. The number of hydrogen-bond acceptors (Lipinski definition) is 3. The first-order chi connectivity index (χ1) is 9.74. The zero-order chi connectivity index (χ0) is 13.9. The average molecular weight is 292 g/mol. The van der Waals surface area contributed by atoms with E-state index in [0.717, 1.165) is 30.7 Å². The van der Waals surface area contributed by atoms with Crippen molar-refractivity contribution in [2.75, 3.05) is 0 Å². The maximum Gasteiger partial charge on any atom is 0.137 e. The number of rotatable bonds is 2. The first-order valence-electron chi connectivity index (χ1n) is 7.01. The molecule has 1 heterocycles. The summed E-state index contributed by atoms with van der Waals surface area (Å²) in [5, 5.41) is 15.0. The largest absolute Gasteiger partial charge is 0.393 e. The van der Waals surface area contributed by atoms with Gasteiger partial charge in [0, 0.05) is 10.9 Å². The van der Waals surface area contributed by atoms with Crippen molar-refractivity contribution in [3.63, 3.8) is 0 Å². The lowest BCUT2D eigenvalue weighted by molar-refractivity contribution is 0.155. The topological polar surface area (TPSA) is 50.9 Å². The molecule has 3 unspecified atom stereocenters. The molecule has 1 N–H and O–H groups in total. The van der Waals surface area contributed by atoms with Crippen molar-refractivity contribution in [2.45, 2.75) is 43.7 Å². The number of halogens is 1. The van der Waals surface area contributed by atoms with Gasteiger partial charge < -0.3 is 5.11 Å². The molecule has 0 aliphatic heterocycles. The Bertz CT molecular complexity index is 541. The summed E-state index contributed by atoms with van der Waals surface area (Å²) in [6.45, 7) is 0. The van der Waals surface area contributed by atoms with E-state index in [-0.39, 0.29) is 12.1 Å². The first kappa shape index (κ1) is 13.6. The maximum atomic E-state index is 9.95. The van der Waals surface area contributed by atoms with Crippen LogP contribution in [0.25, 0.3) is 0 Å². The van der Waals surface area contributed by atoms with E-state index in [1.807, 2.05) is 16.8 Å². The van der Waals surface area contributed by atoms with Crippen LogP contribution in [0.3, 0.4) is 0 Å². The van der Waals surface area contributed by atoms with Crippen LogP contribution in [-0.4, -0.2) is 26.0 Å². The SMILES string of the molecule is OC1CCC(c2ccc(Cl)cc2)C(n2cncn2)CC1. The molecule has 3 rings (SSSR count). The molecule has 106 valence electrons. The molecule has 0 bridgehead atoms. The van der Waals surface area contributed by atoms with Gasteiger partial charge in [-0.1, -0.05) is 23.7 Å². The van der Waals surface area contributed by atoms with Crippen molar-refractivity contribution < 1.29 is 5.11 Å². The predicted octanol–water partition coefficient (Wildman–Crippen LogP) is 3.19. The highest BCUT2D eigenvalue weighted by Crippen LogP contribution is 2.39. The number of aliphatic hydroxyl groups is 1. The normalized spacial score (nSPS) is 27.2. The zero-order valence-electron chi connectivity index (χ0n) is 11.2. The van der Waals surface area contributed by atoms with Gasteiger partial charge in [-0.05, 0) is 43.4 Å². The Morgan fingerprint density at radius 1 is 1.10 bits per heavy atom. The molecule has 1 aromatic heterocycles. The summed E-state index contributed by atoms with van der Waals surface area (Å²) in [5.74, 6) is 0.339. The van der Waals surface area contributed by atoms with Crippen LogP contribution in [0.2, 0.25) is 5.02 Å². The van der Waals surface area contributed by atoms with Crippen molar-refractivity contribution in [1.29, 1.82) is 0 Å². The third kappa shape index (κ3) is 2.86. The van der Waals surface area contributed by atoms with Gasteiger partial charge in [0.1, 0.15) is 12.7 Å². The van der Waals surface area contributed by atoms with E-state index in [4.69, 9.17) is 11.6 Å². The minimum Gasteiger partial charge on any atom is -0.393 e. The molecular formula is C15H18ClN3O. The Hall–Kier alpha value is -1.39. The molecule has 20 heavy (non-hydrogen) atoms. The summed E-state index contributed by atoms with van der Waals surface area (Å²) in [4.78, 5) is 4.06. The molecule has 0 amide bonds. The Labute approximate surface area is 123 Å². The van der Waals surface area contributed by atoms with Crippen molar-refractivity contribution >= 4 is 11.6 Å². The Morgan fingerprint density at radius 3 is 2.55 bits per heavy atom. The van der Waals surface area contributed by atoms with E-state index < -0.39 is 0 Å². The Morgan fingerprint density at radius 2 is 1.85 bits per heavy atom. The van der Waals surface area contributed by atoms with Crippen LogP contribution in [0.15, 0.2) is 36.9 Å². The van der Waals surface area contributed by atoms with E-state index in [1.165, 1.54) is 5.56 Å². The molecule has 3 atom stereocenters. The van der Waals surface area contributed by atoms with Crippen LogP contribution in [0.4, 0.5) is 0 Å². The molecule has 1 saturated carbocycles. The summed E-state index contributed by atoms with van der Waals surface area (Å²) in [6, 6.07) is 8.26. The van der Waals surface area contributed by atoms with E-state index in [2.05, 4.69) is 22.2 Å². The van der Waals surface area contributed by atoms with Crippen molar-refractivity contribution in [3.05, 3.63) is 47.5 Å². The minimum atomic E-state index is -0.210. The second kappa shape index (κ2) is 5.94. The second-order valence-corrected chi connectivity index (χ2v) is 5.85. The molecule has 1 aromatic carbocycles. The van der Waals surface area contributed by atoms with E-state index >= 15 is 0 Å². The van der Waals surface area contributed by atoms with Gasteiger partial charge in [-0.25, -0.2) is 9.67 Å². The van der Waals surface area contributed by atoms with Crippen LogP contribution in [-0.2, 0) is 0 Å². The quantitative estimate of drug-likeness (QED) is 0.865. The van der Waals surface area contributed by atoms with Crippen LogP contribution >= 0.6 is 11.6 Å². The first-order valence-corrected chi connectivity index (χ1v) is 7.39. The lowest BCUT2D eigenvalue weighted by Crippen LogP contribution is -2.17. The number of aromatic nitrogens is 3. The fourth-order valence-corrected chi connectivity index (χ4v) is 3.20. The molecule has 5 heteroatoms. The summed E-state index contributed by atoms with van der Waals surface area (Å²) < 4.78 is 1.93. The van der Waals surface area contributed by atoms with Crippen LogP contribution < -0.4 is 0 Å². The molecule has 1 aliphatic rings. The van der Waals surface area contributed by atoms with E-state index in [9.17, 15) is 5.11 Å². The van der Waals surface area contributed by atoms with Gasteiger partial charge in [-0.3, -0.25) is 0 Å². The number of benzene rings is 1. The molecule has 1 aliphatic carbocycles. The highest BCUT2D eigenvalue weighted by molar-refractivity contribution is 6.30. The van der Waals surface area contributed by atoms with Crippen LogP contribution in [0, 0.1) is 0 Å². The summed E-state index contributed by atoms with van der Waals surface area (Å²) in [5.41, 5.74) is 1.25.